The normalized spacial score (nSPS) is 14.0. The molecule has 4 nitrogen and oxygen atoms in total. The minimum Gasteiger partial charge on any atom is -0.463 e. The number of aromatic nitrogens is 1. The molecule has 0 aliphatic heterocycles. The predicted molar refractivity (Wildman–Crippen MR) is 86.1 cm³/mol. The van der Waals surface area contributed by atoms with Crippen LogP contribution in [0.4, 0.5) is 0 Å². The molecule has 0 amide bonds. The molecule has 0 fully saturated rings. The largest absolute Gasteiger partial charge is 0.463 e. The Morgan fingerprint density at radius 3 is 2.59 bits per heavy atom. The van der Waals surface area contributed by atoms with Gasteiger partial charge in [0.05, 0.1) is 6.61 Å². The summed E-state index contributed by atoms with van der Waals surface area (Å²) in [5.74, 6) is 4.91. The molecule has 22 heavy (non-hydrogen) atoms. The van der Waals surface area contributed by atoms with Crippen LogP contribution in [0, 0.1) is 17.3 Å². The van der Waals surface area contributed by atoms with Crippen molar-refractivity contribution in [1.29, 1.82) is 0 Å². The molecule has 1 heterocycles. The van der Waals surface area contributed by atoms with Crippen LogP contribution < -0.4 is 0 Å². The van der Waals surface area contributed by atoms with Crippen LogP contribution in [0.3, 0.4) is 0 Å². The third kappa shape index (κ3) is 3.15. The molecular weight excluding hydrogens is 278 g/mol. The van der Waals surface area contributed by atoms with Crippen LogP contribution in [0.15, 0.2) is 30.5 Å². The van der Waals surface area contributed by atoms with Crippen LogP contribution in [0.25, 0.3) is 10.9 Å². The van der Waals surface area contributed by atoms with Crippen LogP contribution in [0.1, 0.15) is 33.3 Å². The van der Waals surface area contributed by atoms with E-state index >= 15 is 0 Å². The van der Waals surface area contributed by atoms with E-state index in [0.29, 0.717) is 5.56 Å². The fourth-order valence-electron chi connectivity index (χ4n) is 2.11. The minimum atomic E-state index is -1.98. The highest BCUT2D eigenvalue weighted by molar-refractivity contribution is 5.94. The smallest absolute Gasteiger partial charge is 0.356 e. The van der Waals surface area contributed by atoms with Gasteiger partial charge in [-0.15, -0.1) is 0 Å². The summed E-state index contributed by atoms with van der Waals surface area (Å²) < 4.78 is 5.04. The molecule has 4 heteroatoms. The summed E-state index contributed by atoms with van der Waals surface area (Å²) in [5.41, 5.74) is -1.08. The van der Waals surface area contributed by atoms with Crippen molar-refractivity contribution in [1.82, 2.24) is 4.98 Å². The summed E-state index contributed by atoms with van der Waals surface area (Å²) in [6.45, 7) is 7.63. The number of carbonyl (C=O) groups excluding carboxylic acids is 1. The van der Waals surface area contributed by atoms with E-state index in [0.717, 1.165) is 10.9 Å². The fraction of sp³-hybridized carbons (Fsp3) is 0.389. The van der Waals surface area contributed by atoms with Crippen molar-refractivity contribution in [3.63, 3.8) is 0 Å². The number of benzene rings is 1. The molecule has 1 aromatic heterocycles. The van der Waals surface area contributed by atoms with E-state index in [1.54, 1.807) is 13.1 Å². The first kappa shape index (κ1) is 16.1. The predicted octanol–water partition coefficient (Wildman–Crippen LogP) is 2.97. The summed E-state index contributed by atoms with van der Waals surface area (Å²) in [6.07, 6.45) is 1.61. The molecule has 0 spiro atoms. The third-order valence-electron chi connectivity index (χ3n) is 3.17. The second-order valence-corrected chi connectivity index (χ2v) is 6.18. The molecule has 0 aliphatic rings. The summed E-state index contributed by atoms with van der Waals surface area (Å²) in [5, 5.41) is 11.7. The minimum absolute atomic E-state index is 0.181. The number of hydrogen-bond donors (Lipinski definition) is 2. The fourth-order valence-corrected chi connectivity index (χ4v) is 2.11. The lowest BCUT2D eigenvalue weighted by Crippen LogP contribution is -2.36. The molecule has 2 N–H and O–H groups in total. The van der Waals surface area contributed by atoms with Gasteiger partial charge in [0.1, 0.15) is 0 Å². The second-order valence-electron chi connectivity index (χ2n) is 6.18. The van der Waals surface area contributed by atoms with Crippen molar-refractivity contribution >= 4 is 16.9 Å². The van der Waals surface area contributed by atoms with Crippen LogP contribution in [-0.2, 0) is 15.1 Å². The van der Waals surface area contributed by atoms with Gasteiger partial charge < -0.3 is 14.8 Å². The van der Waals surface area contributed by atoms with Gasteiger partial charge in [-0.05, 0) is 33.8 Å². The maximum Gasteiger partial charge on any atom is 0.356 e. The number of fused-ring (bicyclic) bond motifs is 1. The number of para-hydroxylation sites is 1. The number of ether oxygens (including phenoxy) is 1. The zero-order valence-electron chi connectivity index (χ0n) is 13.4. The van der Waals surface area contributed by atoms with Gasteiger partial charge in [-0.25, -0.2) is 4.79 Å². The molecule has 1 aromatic carbocycles. The van der Waals surface area contributed by atoms with Crippen molar-refractivity contribution in [2.45, 2.75) is 33.3 Å². The van der Waals surface area contributed by atoms with Gasteiger partial charge in [0.2, 0.25) is 0 Å². The van der Waals surface area contributed by atoms with Crippen LogP contribution in [-0.4, -0.2) is 22.7 Å². The number of rotatable bonds is 3. The highest BCUT2D eigenvalue weighted by atomic mass is 16.5. The SMILES string of the molecule is CCOC(=O)[C@@](O)(C#CC(C)(C)C)c1c[nH]c2ccccc12. The second kappa shape index (κ2) is 5.86. The number of carbonyl (C=O) groups is 1. The highest BCUT2D eigenvalue weighted by Gasteiger charge is 2.40. The number of aliphatic hydroxyl groups is 1. The summed E-state index contributed by atoms with van der Waals surface area (Å²) in [6, 6.07) is 7.45. The molecule has 2 aromatic rings. The van der Waals surface area contributed by atoms with Crippen molar-refractivity contribution in [3.05, 3.63) is 36.0 Å². The average molecular weight is 299 g/mol. The van der Waals surface area contributed by atoms with E-state index in [9.17, 15) is 9.90 Å². The van der Waals surface area contributed by atoms with Gasteiger partial charge in [-0.2, -0.15) is 0 Å². The van der Waals surface area contributed by atoms with Crippen molar-refractivity contribution in [2.24, 2.45) is 5.41 Å². The Bertz CT molecular complexity index is 743. The maximum absolute atomic E-state index is 12.3. The Morgan fingerprint density at radius 2 is 1.95 bits per heavy atom. The van der Waals surface area contributed by atoms with E-state index in [4.69, 9.17) is 4.74 Å². The van der Waals surface area contributed by atoms with E-state index < -0.39 is 11.6 Å². The lowest BCUT2D eigenvalue weighted by molar-refractivity contribution is -0.159. The van der Waals surface area contributed by atoms with Crippen LogP contribution >= 0.6 is 0 Å². The quantitative estimate of drug-likeness (QED) is 0.676. The van der Waals surface area contributed by atoms with E-state index in [1.807, 2.05) is 45.0 Å². The lowest BCUT2D eigenvalue weighted by atomic mass is 9.90. The van der Waals surface area contributed by atoms with Gasteiger partial charge in [-0.3, -0.25) is 0 Å². The highest BCUT2D eigenvalue weighted by Crippen LogP contribution is 2.30. The third-order valence-corrected chi connectivity index (χ3v) is 3.17. The van der Waals surface area contributed by atoms with Gasteiger partial charge in [-0.1, -0.05) is 30.0 Å². The standard InChI is InChI=1S/C18H21NO3/c1-5-22-16(20)18(21,11-10-17(2,3)4)14-12-19-15-9-7-6-8-13(14)15/h6-9,12,19,21H,5H2,1-4H3/t18-/m1/s1. The number of esters is 1. The molecule has 0 unspecified atom stereocenters. The monoisotopic (exact) mass is 299 g/mol. The average Bonchev–Trinajstić information content (AvgIpc) is 2.88. The van der Waals surface area contributed by atoms with Crippen LogP contribution in [0.2, 0.25) is 0 Å². The summed E-state index contributed by atoms with van der Waals surface area (Å²) in [4.78, 5) is 15.4. The molecule has 0 aliphatic carbocycles. The van der Waals surface area contributed by atoms with Crippen molar-refractivity contribution < 1.29 is 14.6 Å². The lowest BCUT2D eigenvalue weighted by Gasteiger charge is -2.21. The summed E-state index contributed by atoms with van der Waals surface area (Å²) in [7, 11) is 0. The zero-order valence-corrected chi connectivity index (χ0v) is 13.4. The van der Waals surface area contributed by atoms with E-state index in [-0.39, 0.29) is 12.0 Å². The molecule has 0 saturated carbocycles. The molecule has 0 saturated heterocycles. The Labute approximate surface area is 130 Å². The Hall–Kier alpha value is -2.25. The first-order valence-corrected chi connectivity index (χ1v) is 7.28. The first-order valence-electron chi connectivity index (χ1n) is 7.28. The Kier molecular flexibility index (Phi) is 4.30. The number of H-pyrrole nitrogens is 1. The van der Waals surface area contributed by atoms with E-state index in [1.165, 1.54) is 0 Å². The van der Waals surface area contributed by atoms with Crippen molar-refractivity contribution in [2.75, 3.05) is 6.61 Å². The number of aromatic amines is 1. The topological polar surface area (TPSA) is 62.3 Å². The number of hydrogen-bond acceptors (Lipinski definition) is 3. The van der Waals surface area contributed by atoms with Crippen molar-refractivity contribution in [3.8, 4) is 11.8 Å². The first-order chi connectivity index (χ1) is 10.3. The molecule has 0 bridgehead atoms. The zero-order chi connectivity index (χ0) is 16.4. The molecule has 1 atom stereocenters. The van der Waals surface area contributed by atoms with E-state index in [2.05, 4.69) is 16.8 Å². The molecule has 116 valence electrons. The molecule has 2 rings (SSSR count). The number of nitrogens with one attached hydrogen (secondary N) is 1. The Morgan fingerprint density at radius 1 is 1.27 bits per heavy atom. The van der Waals surface area contributed by atoms with Gasteiger partial charge >= 0.3 is 5.97 Å². The van der Waals surface area contributed by atoms with Gasteiger partial charge in [0.15, 0.2) is 0 Å². The summed E-state index contributed by atoms with van der Waals surface area (Å²) >= 11 is 0. The maximum atomic E-state index is 12.3. The van der Waals surface area contributed by atoms with Gasteiger partial charge in [0.25, 0.3) is 5.60 Å². The van der Waals surface area contributed by atoms with Gasteiger partial charge in [0, 0.05) is 28.1 Å². The Balaban J connectivity index is 2.62. The van der Waals surface area contributed by atoms with Crippen LogP contribution in [0.5, 0.6) is 0 Å². The molecule has 0 radical (unpaired) electrons. The molecular formula is C18H21NO3.